The SMILES string of the molecule is O=C(O)C1=C(SCCCc2ccc(F)cc2F)N(CC2CC3CCC2C3)CC=C1. The molecule has 1 N–H and O–H groups in total. The van der Waals surface area contributed by atoms with Crippen LogP contribution in [-0.4, -0.2) is 34.8 Å². The fourth-order valence-electron chi connectivity index (χ4n) is 5.15. The number of carbonyl (C=O) groups is 1. The third-order valence-electron chi connectivity index (χ3n) is 6.54. The van der Waals surface area contributed by atoms with Crippen LogP contribution < -0.4 is 0 Å². The van der Waals surface area contributed by atoms with Gasteiger partial charge in [0, 0.05) is 19.2 Å². The number of carboxylic acids is 1. The van der Waals surface area contributed by atoms with Crippen LogP contribution in [0, 0.1) is 29.4 Å². The Bertz CT molecular complexity index is 838. The van der Waals surface area contributed by atoms with Gasteiger partial charge in [0.1, 0.15) is 11.6 Å². The summed E-state index contributed by atoms with van der Waals surface area (Å²) in [5, 5.41) is 10.5. The zero-order valence-electron chi connectivity index (χ0n) is 16.4. The van der Waals surface area contributed by atoms with Crippen molar-refractivity contribution in [2.75, 3.05) is 18.8 Å². The molecular weight excluding hydrogens is 392 g/mol. The van der Waals surface area contributed by atoms with Gasteiger partial charge >= 0.3 is 5.97 Å². The molecule has 2 saturated carbocycles. The molecular formula is C23H27F2NO2S. The summed E-state index contributed by atoms with van der Waals surface area (Å²) in [5.41, 5.74) is 0.860. The Balaban J connectivity index is 1.38. The predicted octanol–water partition coefficient (Wildman–Crippen LogP) is 5.23. The largest absolute Gasteiger partial charge is 0.478 e. The molecule has 4 rings (SSSR count). The van der Waals surface area contributed by atoms with E-state index < -0.39 is 17.6 Å². The summed E-state index contributed by atoms with van der Waals surface area (Å²) in [5.74, 6) is 1.05. The summed E-state index contributed by atoms with van der Waals surface area (Å²) >= 11 is 1.55. The molecule has 2 bridgehead atoms. The molecule has 3 aliphatic rings. The van der Waals surface area contributed by atoms with Crippen LogP contribution in [0.5, 0.6) is 0 Å². The van der Waals surface area contributed by atoms with E-state index in [4.69, 9.17) is 0 Å². The molecule has 0 saturated heterocycles. The smallest absolute Gasteiger partial charge is 0.338 e. The van der Waals surface area contributed by atoms with Crippen LogP contribution in [-0.2, 0) is 11.2 Å². The predicted molar refractivity (Wildman–Crippen MR) is 111 cm³/mol. The third kappa shape index (κ3) is 4.68. The van der Waals surface area contributed by atoms with Gasteiger partial charge in [0.15, 0.2) is 0 Å². The second-order valence-electron chi connectivity index (χ2n) is 8.45. The molecule has 6 heteroatoms. The van der Waals surface area contributed by atoms with Crippen molar-refractivity contribution in [1.82, 2.24) is 4.90 Å². The summed E-state index contributed by atoms with van der Waals surface area (Å²) in [6.45, 7) is 1.68. The van der Waals surface area contributed by atoms with Gasteiger partial charge in [-0.25, -0.2) is 13.6 Å². The molecule has 1 aromatic rings. The highest BCUT2D eigenvalue weighted by Gasteiger charge is 2.40. The first-order chi connectivity index (χ1) is 14.0. The van der Waals surface area contributed by atoms with E-state index in [1.807, 2.05) is 6.08 Å². The van der Waals surface area contributed by atoms with Crippen LogP contribution in [0.4, 0.5) is 8.78 Å². The Morgan fingerprint density at radius 1 is 1.24 bits per heavy atom. The van der Waals surface area contributed by atoms with Gasteiger partial charge in [-0.3, -0.25) is 0 Å². The van der Waals surface area contributed by atoms with E-state index in [1.54, 1.807) is 17.8 Å². The lowest BCUT2D eigenvalue weighted by molar-refractivity contribution is -0.132. The Morgan fingerprint density at radius 3 is 2.79 bits per heavy atom. The van der Waals surface area contributed by atoms with Crippen molar-refractivity contribution < 1.29 is 18.7 Å². The normalized spacial score (nSPS) is 25.9. The highest BCUT2D eigenvalue weighted by molar-refractivity contribution is 8.03. The van der Waals surface area contributed by atoms with Crippen LogP contribution in [0.3, 0.4) is 0 Å². The lowest BCUT2D eigenvalue weighted by atomic mass is 9.88. The summed E-state index contributed by atoms with van der Waals surface area (Å²) in [4.78, 5) is 14.0. The van der Waals surface area contributed by atoms with E-state index in [9.17, 15) is 18.7 Å². The fourth-order valence-corrected chi connectivity index (χ4v) is 6.28. The van der Waals surface area contributed by atoms with Crippen LogP contribution in [0.1, 0.15) is 37.7 Å². The molecule has 29 heavy (non-hydrogen) atoms. The zero-order valence-corrected chi connectivity index (χ0v) is 17.3. The maximum absolute atomic E-state index is 13.8. The first kappa shape index (κ1) is 20.5. The third-order valence-corrected chi connectivity index (χ3v) is 7.79. The van der Waals surface area contributed by atoms with Crippen molar-refractivity contribution in [3.63, 3.8) is 0 Å². The molecule has 0 aromatic heterocycles. The molecule has 3 nitrogen and oxygen atoms in total. The molecule has 3 unspecified atom stereocenters. The minimum atomic E-state index is -0.897. The van der Waals surface area contributed by atoms with Crippen molar-refractivity contribution in [2.45, 2.75) is 38.5 Å². The number of rotatable bonds is 8. The molecule has 1 heterocycles. The minimum Gasteiger partial charge on any atom is -0.478 e. The zero-order chi connectivity index (χ0) is 20.4. The lowest BCUT2D eigenvalue weighted by Gasteiger charge is -2.34. The maximum Gasteiger partial charge on any atom is 0.338 e. The summed E-state index contributed by atoms with van der Waals surface area (Å²) in [7, 11) is 0. The van der Waals surface area contributed by atoms with E-state index in [1.165, 1.54) is 37.8 Å². The Hall–Kier alpha value is -1.82. The first-order valence-electron chi connectivity index (χ1n) is 10.5. The molecule has 2 aliphatic carbocycles. The van der Waals surface area contributed by atoms with E-state index in [-0.39, 0.29) is 0 Å². The average molecular weight is 420 g/mol. The first-order valence-corrected chi connectivity index (χ1v) is 11.5. The number of aliphatic carboxylic acids is 1. The number of benzene rings is 1. The van der Waals surface area contributed by atoms with Gasteiger partial charge in [0.2, 0.25) is 0 Å². The van der Waals surface area contributed by atoms with Crippen molar-refractivity contribution in [3.05, 3.63) is 58.2 Å². The van der Waals surface area contributed by atoms with Crippen molar-refractivity contribution >= 4 is 17.7 Å². The van der Waals surface area contributed by atoms with Gasteiger partial charge in [-0.1, -0.05) is 18.6 Å². The topological polar surface area (TPSA) is 40.5 Å². The van der Waals surface area contributed by atoms with E-state index in [0.717, 1.165) is 36.0 Å². The van der Waals surface area contributed by atoms with Crippen molar-refractivity contribution in [3.8, 4) is 0 Å². The van der Waals surface area contributed by atoms with E-state index >= 15 is 0 Å². The second-order valence-corrected chi connectivity index (χ2v) is 9.54. The highest BCUT2D eigenvalue weighted by Crippen LogP contribution is 2.49. The molecule has 3 atom stereocenters. The molecule has 1 aromatic carbocycles. The van der Waals surface area contributed by atoms with Crippen molar-refractivity contribution in [2.24, 2.45) is 17.8 Å². The number of aryl methyl sites for hydroxylation is 1. The Kier molecular flexibility index (Phi) is 6.28. The number of halogens is 2. The number of thioether (sulfide) groups is 1. The van der Waals surface area contributed by atoms with Crippen molar-refractivity contribution in [1.29, 1.82) is 0 Å². The number of fused-ring (bicyclic) bond motifs is 2. The Labute approximate surface area is 174 Å². The minimum absolute atomic E-state index is 0.359. The van der Waals surface area contributed by atoms with Crippen LogP contribution in [0.2, 0.25) is 0 Å². The van der Waals surface area contributed by atoms with E-state index in [2.05, 4.69) is 4.90 Å². The number of hydrogen-bond donors (Lipinski definition) is 1. The van der Waals surface area contributed by atoms with E-state index in [0.29, 0.717) is 35.6 Å². The van der Waals surface area contributed by atoms with Gasteiger partial charge in [-0.05, 0) is 73.3 Å². The standard InChI is InChI=1S/C23H27F2NO2S/c24-19-8-7-16(21(25)13-19)3-2-10-29-22-20(23(27)28)4-1-9-26(22)14-18-12-15-5-6-17(18)11-15/h1,4,7-8,13,15,17-18H,2-3,5-6,9-12,14H2,(H,27,28). The maximum atomic E-state index is 13.8. The molecule has 1 aliphatic heterocycles. The highest BCUT2D eigenvalue weighted by atomic mass is 32.2. The van der Waals surface area contributed by atoms with Gasteiger partial charge in [-0.15, -0.1) is 11.8 Å². The summed E-state index contributed by atoms with van der Waals surface area (Å²) < 4.78 is 26.9. The summed E-state index contributed by atoms with van der Waals surface area (Å²) in [6, 6.07) is 3.68. The molecule has 0 spiro atoms. The number of nitrogens with zero attached hydrogens (tertiary/aromatic N) is 1. The molecule has 2 fully saturated rings. The van der Waals surface area contributed by atoms with Gasteiger partial charge in [-0.2, -0.15) is 0 Å². The number of carboxylic acid groups (broad SMARTS) is 1. The Morgan fingerprint density at radius 2 is 2.10 bits per heavy atom. The van der Waals surface area contributed by atoms with Gasteiger partial charge in [0.05, 0.1) is 10.6 Å². The average Bonchev–Trinajstić information content (AvgIpc) is 3.30. The molecule has 156 valence electrons. The quantitative estimate of drug-likeness (QED) is 0.586. The second kappa shape index (κ2) is 8.90. The van der Waals surface area contributed by atoms with Gasteiger partial charge < -0.3 is 10.0 Å². The van der Waals surface area contributed by atoms with Gasteiger partial charge in [0.25, 0.3) is 0 Å². The molecule has 0 radical (unpaired) electrons. The lowest BCUT2D eigenvalue weighted by Crippen LogP contribution is -2.33. The van der Waals surface area contributed by atoms with Crippen LogP contribution in [0.15, 0.2) is 41.0 Å². The fraction of sp³-hybridized carbons (Fsp3) is 0.522. The van der Waals surface area contributed by atoms with Crippen LogP contribution >= 0.6 is 11.8 Å². The summed E-state index contributed by atoms with van der Waals surface area (Å²) in [6.07, 6.45) is 10.2. The monoisotopic (exact) mass is 419 g/mol. The molecule has 0 amide bonds. The number of hydrogen-bond acceptors (Lipinski definition) is 3. The van der Waals surface area contributed by atoms with Crippen LogP contribution in [0.25, 0.3) is 0 Å².